The van der Waals surface area contributed by atoms with Crippen molar-refractivity contribution >= 4 is 25.3 Å². The molecule has 0 saturated carbocycles. The van der Waals surface area contributed by atoms with Gasteiger partial charge < -0.3 is 9.16 Å². The van der Waals surface area contributed by atoms with E-state index in [4.69, 9.17) is 9.16 Å². The SMILES string of the molecule is Cc1ccc2c(c1)cc(-c1cccc(CO[Si](C)(C)C(C)(C)C)c1)n2C(=O)OC(C)(C)C. The third-order valence-corrected chi connectivity index (χ3v) is 10.6. The minimum Gasteiger partial charge on any atom is -0.443 e. The van der Waals surface area contributed by atoms with Gasteiger partial charge in [0, 0.05) is 5.39 Å². The van der Waals surface area contributed by atoms with Crippen molar-refractivity contribution < 1.29 is 14.0 Å². The van der Waals surface area contributed by atoms with Gasteiger partial charge in [0.25, 0.3) is 0 Å². The first-order chi connectivity index (χ1) is 14.7. The van der Waals surface area contributed by atoms with Gasteiger partial charge in [-0.1, -0.05) is 50.6 Å². The summed E-state index contributed by atoms with van der Waals surface area (Å²) in [5.41, 5.74) is 4.33. The van der Waals surface area contributed by atoms with Gasteiger partial charge in [-0.25, -0.2) is 9.36 Å². The van der Waals surface area contributed by atoms with Gasteiger partial charge in [0.1, 0.15) is 5.60 Å². The maximum Gasteiger partial charge on any atom is 0.419 e. The van der Waals surface area contributed by atoms with Crippen LogP contribution in [0.1, 0.15) is 52.7 Å². The van der Waals surface area contributed by atoms with Crippen LogP contribution in [0.4, 0.5) is 4.79 Å². The highest BCUT2D eigenvalue weighted by molar-refractivity contribution is 6.74. The highest BCUT2D eigenvalue weighted by Gasteiger charge is 2.37. The van der Waals surface area contributed by atoms with Crippen molar-refractivity contribution in [1.82, 2.24) is 4.57 Å². The van der Waals surface area contributed by atoms with E-state index in [1.807, 2.05) is 45.0 Å². The van der Waals surface area contributed by atoms with Crippen LogP contribution in [0, 0.1) is 6.92 Å². The van der Waals surface area contributed by atoms with E-state index in [2.05, 4.69) is 65.1 Å². The topological polar surface area (TPSA) is 40.5 Å². The van der Waals surface area contributed by atoms with Crippen LogP contribution in [0.3, 0.4) is 0 Å². The molecule has 0 unspecified atom stereocenters. The predicted octanol–water partition coefficient (Wildman–Crippen LogP) is 7.92. The summed E-state index contributed by atoms with van der Waals surface area (Å²) >= 11 is 0. The number of hydrogen-bond acceptors (Lipinski definition) is 3. The third-order valence-electron chi connectivity index (χ3n) is 6.16. The molecule has 1 heterocycles. The Morgan fingerprint density at radius 1 is 0.969 bits per heavy atom. The van der Waals surface area contributed by atoms with E-state index in [1.165, 1.54) is 0 Å². The van der Waals surface area contributed by atoms with Crippen molar-refractivity contribution in [3.8, 4) is 11.3 Å². The normalized spacial score (nSPS) is 12.9. The summed E-state index contributed by atoms with van der Waals surface area (Å²) in [5, 5.41) is 1.18. The van der Waals surface area contributed by atoms with Crippen LogP contribution in [0.5, 0.6) is 0 Å². The quantitative estimate of drug-likeness (QED) is 0.378. The van der Waals surface area contributed by atoms with E-state index in [9.17, 15) is 4.79 Å². The van der Waals surface area contributed by atoms with Gasteiger partial charge in [-0.3, -0.25) is 0 Å². The minimum atomic E-state index is -1.85. The molecule has 0 radical (unpaired) electrons. The molecule has 0 aliphatic carbocycles. The molecule has 0 saturated heterocycles. The number of benzene rings is 2. The second-order valence-electron chi connectivity index (χ2n) is 11.2. The molecule has 3 aromatic rings. The molecule has 0 N–H and O–H groups in total. The number of ether oxygens (including phenoxy) is 1. The Morgan fingerprint density at radius 2 is 1.66 bits per heavy atom. The fourth-order valence-electron chi connectivity index (χ4n) is 3.35. The summed E-state index contributed by atoms with van der Waals surface area (Å²) < 4.78 is 13.9. The molecule has 3 rings (SSSR count). The summed E-state index contributed by atoms with van der Waals surface area (Å²) in [6.45, 7) is 19.6. The summed E-state index contributed by atoms with van der Waals surface area (Å²) in [4.78, 5) is 13.2. The van der Waals surface area contributed by atoms with Gasteiger partial charge in [0.05, 0.1) is 17.8 Å². The number of aryl methyl sites for hydroxylation is 1. The van der Waals surface area contributed by atoms with Crippen molar-refractivity contribution in [3.05, 3.63) is 59.7 Å². The summed E-state index contributed by atoms with van der Waals surface area (Å²) in [7, 11) is -1.85. The van der Waals surface area contributed by atoms with Gasteiger partial charge in [-0.2, -0.15) is 0 Å². The van der Waals surface area contributed by atoms with Crippen molar-refractivity contribution in [2.45, 2.75) is 78.8 Å². The van der Waals surface area contributed by atoms with E-state index in [-0.39, 0.29) is 11.1 Å². The average Bonchev–Trinajstić information content (AvgIpc) is 3.03. The Labute approximate surface area is 193 Å². The predicted molar refractivity (Wildman–Crippen MR) is 136 cm³/mol. The molecule has 0 bridgehead atoms. The Hall–Kier alpha value is -2.37. The van der Waals surface area contributed by atoms with Crippen molar-refractivity contribution in [1.29, 1.82) is 0 Å². The van der Waals surface area contributed by atoms with Crippen LogP contribution < -0.4 is 0 Å². The molecular formula is C27H37NO3Si. The van der Waals surface area contributed by atoms with Gasteiger partial charge in [-0.15, -0.1) is 0 Å². The van der Waals surface area contributed by atoms with Gasteiger partial charge >= 0.3 is 6.09 Å². The molecule has 0 amide bonds. The maximum absolute atomic E-state index is 13.2. The van der Waals surface area contributed by atoms with Gasteiger partial charge in [0.2, 0.25) is 0 Å². The molecule has 0 fully saturated rings. The third kappa shape index (κ3) is 5.33. The fourth-order valence-corrected chi connectivity index (χ4v) is 4.31. The fraction of sp³-hybridized carbons (Fsp3) is 0.444. The summed E-state index contributed by atoms with van der Waals surface area (Å²) in [6.07, 6.45) is -0.366. The van der Waals surface area contributed by atoms with E-state index in [0.717, 1.165) is 33.3 Å². The van der Waals surface area contributed by atoms with Crippen molar-refractivity contribution in [3.63, 3.8) is 0 Å². The minimum absolute atomic E-state index is 0.158. The van der Waals surface area contributed by atoms with Gasteiger partial charge in [0.15, 0.2) is 8.32 Å². The van der Waals surface area contributed by atoms with Crippen LogP contribution in [-0.2, 0) is 15.8 Å². The smallest absolute Gasteiger partial charge is 0.419 e. The molecule has 0 aliphatic rings. The number of nitrogens with zero attached hydrogens (tertiary/aromatic N) is 1. The monoisotopic (exact) mass is 451 g/mol. The summed E-state index contributed by atoms with van der Waals surface area (Å²) in [5.74, 6) is 0. The molecule has 0 aliphatic heterocycles. The van der Waals surface area contributed by atoms with E-state index in [1.54, 1.807) is 4.57 Å². The van der Waals surface area contributed by atoms with E-state index < -0.39 is 13.9 Å². The van der Waals surface area contributed by atoms with Crippen LogP contribution in [0.15, 0.2) is 48.5 Å². The molecule has 32 heavy (non-hydrogen) atoms. The lowest BCUT2D eigenvalue weighted by Crippen LogP contribution is -2.40. The zero-order valence-electron chi connectivity index (χ0n) is 21.0. The number of carbonyl (C=O) groups is 1. The van der Waals surface area contributed by atoms with Gasteiger partial charge in [-0.05, 0) is 81.2 Å². The average molecular weight is 452 g/mol. The van der Waals surface area contributed by atoms with Crippen LogP contribution in [-0.4, -0.2) is 24.6 Å². The highest BCUT2D eigenvalue weighted by atomic mass is 28.4. The molecule has 5 heteroatoms. The first kappa shape index (κ1) is 24.3. The maximum atomic E-state index is 13.2. The molecular weight excluding hydrogens is 414 g/mol. The zero-order chi connectivity index (χ0) is 23.9. The number of fused-ring (bicyclic) bond motifs is 1. The standard InChI is InChI=1S/C27H37NO3Si/c1-19-13-14-23-22(15-19)17-24(28(23)25(29)31-26(2,3)4)21-12-10-11-20(16-21)18-30-32(8,9)27(5,6)7/h10-17H,18H2,1-9H3. The first-order valence-corrected chi connectivity index (χ1v) is 14.2. The summed E-state index contributed by atoms with van der Waals surface area (Å²) in [6, 6.07) is 16.5. The Morgan fingerprint density at radius 3 is 2.28 bits per heavy atom. The molecule has 0 spiro atoms. The lowest BCUT2D eigenvalue weighted by Gasteiger charge is -2.36. The zero-order valence-corrected chi connectivity index (χ0v) is 22.0. The van der Waals surface area contributed by atoms with Crippen LogP contribution in [0.2, 0.25) is 18.1 Å². The second-order valence-corrected chi connectivity index (χ2v) is 16.0. The number of hydrogen-bond donors (Lipinski definition) is 0. The molecule has 0 atom stereocenters. The lowest BCUT2D eigenvalue weighted by atomic mass is 10.1. The molecule has 4 nitrogen and oxygen atoms in total. The van der Waals surface area contributed by atoms with Crippen LogP contribution >= 0.6 is 0 Å². The highest BCUT2D eigenvalue weighted by Crippen LogP contribution is 2.37. The lowest BCUT2D eigenvalue weighted by molar-refractivity contribution is 0.0547. The molecule has 172 valence electrons. The van der Waals surface area contributed by atoms with E-state index in [0.29, 0.717) is 6.61 Å². The van der Waals surface area contributed by atoms with E-state index >= 15 is 0 Å². The van der Waals surface area contributed by atoms with Crippen molar-refractivity contribution in [2.24, 2.45) is 0 Å². The van der Waals surface area contributed by atoms with Crippen molar-refractivity contribution in [2.75, 3.05) is 0 Å². The largest absolute Gasteiger partial charge is 0.443 e. The number of rotatable bonds is 4. The Kier molecular flexibility index (Phi) is 6.47. The first-order valence-electron chi connectivity index (χ1n) is 11.3. The Balaban J connectivity index is 2.03. The second kappa shape index (κ2) is 8.52. The number of aromatic nitrogens is 1. The van der Waals surface area contributed by atoms with Crippen LogP contribution in [0.25, 0.3) is 22.2 Å². The molecule has 2 aromatic carbocycles. The molecule has 1 aromatic heterocycles. The Bertz CT molecular complexity index is 1130. The number of carbonyl (C=O) groups excluding carboxylic acids is 1.